The lowest BCUT2D eigenvalue weighted by atomic mass is 9.77. The number of hydrogen-bond acceptors (Lipinski definition) is 2. The number of para-hydroxylation sites is 1. The lowest BCUT2D eigenvalue weighted by molar-refractivity contribution is 0.397. The van der Waals surface area contributed by atoms with Crippen molar-refractivity contribution in [1.29, 1.82) is 0 Å². The normalized spacial score (nSPS) is 25.3. The summed E-state index contributed by atoms with van der Waals surface area (Å²) in [4.78, 5) is 0. The van der Waals surface area contributed by atoms with Crippen LogP contribution in [0.5, 0.6) is 5.75 Å². The predicted octanol–water partition coefficient (Wildman–Crippen LogP) is 5.28. The second-order valence-corrected chi connectivity index (χ2v) is 6.87. The molecule has 0 unspecified atom stereocenters. The average molecular weight is 356 g/mol. The summed E-state index contributed by atoms with van der Waals surface area (Å²) >= 11 is 3.52. The maximum atomic E-state index is 5.57. The fraction of sp³-hybridized carbons (Fsp3) is 0.263. The molecule has 1 N–H and O–H groups in total. The van der Waals surface area contributed by atoms with Crippen LogP contribution in [0.3, 0.4) is 0 Å². The zero-order valence-electron chi connectivity index (χ0n) is 12.4. The summed E-state index contributed by atoms with van der Waals surface area (Å²) in [6, 6.07) is 15.3. The Labute approximate surface area is 139 Å². The van der Waals surface area contributed by atoms with Gasteiger partial charge in [0, 0.05) is 10.4 Å². The van der Waals surface area contributed by atoms with E-state index in [0.29, 0.717) is 17.9 Å². The van der Waals surface area contributed by atoms with Gasteiger partial charge in [0.05, 0.1) is 18.8 Å². The number of fused-ring (bicyclic) bond motifs is 3. The Balaban J connectivity index is 1.81. The molecule has 0 fully saturated rings. The van der Waals surface area contributed by atoms with Gasteiger partial charge in [0.15, 0.2) is 0 Å². The van der Waals surface area contributed by atoms with Crippen molar-refractivity contribution in [2.45, 2.75) is 18.4 Å². The van der Waals surface area contributed by atoms with Gasteiger partial charge in [-0.1, -0.05) is 52.3 Å². The van der Waals surface area contributed by atoms with Crippen LogP contribution in [0.4, 0.5) is 5.69 Å². The number of hydrogen-bond donors (Lipinski definition) is 1. The van der Waals surface area contributed by atoms with Crippen LogP contribution in [-0.2, 0) is 0 Å². The van der Waals surface area contributed by atoms with Gasteiger partial charge in [0.25, 0.3) is 0 Å². The van der Waals surface area contributed by atoms with Crippen LogP contribution in [0.2, 0.25) is 0 Å². The second-order valence-electron chi connectivity index (χ2n) is 5.95. The molecule has 2 aromatic rings. The Morgan fingerprint density at radius 1 is 1.14 bits per heavy atom. The third kappa shape index (κ3) is 2.15. The van der Waals surface area contributed by atoms with Crippen molar-refractivity contribution in [3.8, 4) is 5.75 Å². The molecule has 3 atom stereocenters. The van der Waals surface area contributed by atoms with Gasteiger partial charge in [-0.2, -0.15) is 0 Å². The maximum absolute atomic E-state index is 5.57. The van der Waals surface area contributed by atoms with Gasteiger partial charge in [0.1, 0.15) is 5.75 Å². The van der Waals surface area contributed by atoms with Crippen LogP contribution >= 0.6 is 15.9 Å². The highest BCUT2D eigenvalue weighted by molar-refractivity contribution is 9.10. The van der Waals surface area contributed by atoms with Crippen LogP contribution in [0.1, 0.15) is 29.5 Å². The highest BCUT2D eigenvalue weighted by Crippen LogP contribution is 2.52. The molecule has 0 spiro atoms. The second kappa shape index (κ2) is 5.47. The summed E-state index contributed by atoms with van der Waals surface area (Å²) in [7, 11) is 1.74. The van der Waals surface area contributed by atoms with Crippen molar-refractivity contribution in [2.75, 3.05) is 12.4 Å². The van der Waals surface area contributed by atoms with Crippen molar-refractivity contribution in [3.63, 3.8) is 0 Å². The lowest BCUT2D eigenvalue weighted by Gasteiger charge is -2.38. The van der Waals surface area contributed by atoms with Crippen molar-refractivity contribution in [2.24, 2.45) is 5.92 Å². The van der Waals surface area contributed by atoms with Crippen LogP contribution in [-0.4, -0.2) is 7.11 Å². The summed E-state index contributed by atoms with van der Waals surface area (Å²) in [6.07, 6.45) is 5.79. The van der Waals surface area contributed by atoms with Crippen LogP contribution in [0, 0.1) is 5.92 Å². The molecule has 4 rings (SSSR count). The summed E-state index contributed by atoms with van der Waals surface area (Å²) in [5.41, 5.74) is 3.83. The molecule has 112 valence electrons. The van der Waals surface area contributed by atoms with E-state index in [1.165, 1.54) is 11.1 Å². The van der Waals surface area contributed by atoms with E-state index >= 15 is 0 Å². The number of allylic oxidation sites excluding steroid dienone is 2. The molecular weight excluding hydrogens is 338 g/mol. The number of benzene rings is 2. The molecule has 0 radical (unpaired) electrons. The summed E-state index contributed by atoms with van der Waals surface area (Å²) in [6.45, 7) is 0. The fourth-order valence-corrected chi connectivity index (χ4v) is 4.03. The first kappa shape index (κ1) is 13.9. The molecule has 0 saturated carbocycles. The van der Waals surface area contributed by atoms with Gasteiger partial charge < -0.3 is 10.1 Å². The minimum atomic E-state index is 0.317. The van der Waals surface area contributed by atoms with Gasteiger partial charge in [-0.15, -0.1) is 0 Å². The van der Waals surface area contributed by atoms with Crippen LogP contribution in [0.15, 0.2) is 59.1 Å². The smallest absolute Gasteiger partial charge is 0.142 e. The van der Waals surface area contributed by atoms with Crippen LogP contribution < -0.4 is 10.1 Å². The third-order valence-corrected chi connectivity index (χ3v) is 5.34. The molecule has 1 aliphatic heterocycles. The molecular formula is C19H18BrNO. The largest absolute Gasteiger partial charge is 0.495 e. The summed E-state index contributed by atoms with van der Waals surface area (Å²) in [5, 5.41) is 3.74. The SMILES string of the molecule is COc1cccc2c1N[C@H](c1ccc(Br)cc1)[C@@H]1CC=C[C@@H]21. The first-order valence-electron chi connectivity index (χ1n) is 7.63. The quantitative estimate of drug-likeness (QED) is 0.739. The van der Waals surface area contributed by atoms with E-state index in [1.807, 2.05) is 6.07 Å². The van der Waals surface area contributed by atoms with E-state index in [2.05, 4.69) is 69.8 Å². The molecule has 2 nitrogen and oxygen atoms in total. The predicted molar refractivity (Wildman–Crippen MR) is 93.5 cm³/mol. The molecule has 3 heteroatoms. The first-order valence-corrected chi connectivity index (χ1v) is 8.43. The first-order chi connectivity index (χ1) is 10.8. The van der Waals surface area contributed by atoms with E-state index in [0.717, 1.165) is 22.3 Å². The van der Waals surface area contributed by atoms with Crippen molar-refractivity contribution in [1.82, 2.24) is 0 Å². The van der Waals surface area contributed by atoms with E-state index in [9.17, 15) is 0 Å². The molecule has 0 amide bonds. The van der Waals surface area contributed by atoms with Gasteiger partial charge in [-0.3, -0.25) is 0 Å². The van der Waals surface area contributed by atoms with Crippen molar-refractivity contribution < 1.29 is 4.74 Å². The minimum Gasteiger partial charge on any atom is -0.495 e. The lowest BCUT2D eigenvalue weighted by Crippen LogP contribution is -2.29. The molecule has 22 heavy (non-hydrogen) atoms. The van der Waals surface area contributed by atoms with E-state index in [4.69, 9.17) is 4.74 Å². The molecule has 0 bridgehead atoms. The molecule has 0 saturated heterocycles. The fourth-order valence-electron chi connectivity index (χ4n) is 3.76. The maximum Gasteiger partial charge on any atom is 0.142 e. The number of methoxy groups -OCH3 is 1. The summed E-state index contributed by atoms with van der Waals surface area (Å²) in [5.74, 6) is 1.97. The monoisotopic (exact) mass is 355 g/mol. The zero-order chi connectivity index (χ0) is 15.1. The number of rotatable bonds is 2. The van der Waals surface area contributed by atoms with Crippen molar-refractivity contribution in [3.05, 3.63) is 70.2 Å². The Kier molecular flexibility index (Phi) is 3.45. The standard InChI is InChI=1S/C19H18BrNO/c1-22-17-7-3-6-16-14-4-2-5-15(14)18(21-19(16)17)12-8-10-13(20)11-9-12/h2-4,6-11,14-15,18,21H,5H2,1H3/t14-,15-,18-/m1/s1. The van der Waals surface area contributed by atoms with Gasteiger partial charge >= 0.3 is 0 Å². The highest BCUT2D eigenvalue weighted by Gasteiger charge is 2.38. The van der Waals surface area contributed by atoms with E-state index in [-0.39, 0.29) is 0 Å². The van der Waals surface area contributed by atoms with Gasteiger partial charge in [0.2, 0.25) is 0 Å². The van der Waals surface area contributed by atoms with Gasteiger partial charge in [-0.25, -0.2) is 0 Å². The number of ether oxygens (including phenoxy) is 1. The molecule has 2 aromatic carbocycles. The minimum absolute atomic E-state index is 0.317. The Hall–Kier alpha value is -1.74. The molecule has 2 aliphatic rings. The molecule has 0 aromatic heterocycles. The zero-order valence-corrected chi connectivity index (χ0v) is 14.0. The van der Waals surface area contributed by atoms with Crippen molar-refractivity contribution >= 4 is 21.6 Å². The van der Waals surface area contributed by atoms with Crippen LogP contribution in [0.25, 0.3) is 0 Å². The van der Waals surface area contributed by atoms with E-state index in [1.54, 1.807) is 7.11 Å². The molecule has 1 aliphatic carbocycles. The average Bonchev–Trinajstić information content (AvgIpc) is 3.04. The van der Waals surface area contributed by atoms with Gasteiger partial charge in [-0.05, 0) is 41.7 Å². The Morgan fingerprint density at radius 2 is 1.95 bits per heavy atom. The topological polar surface area (TPSA) is 21.3 Å². The third-order valence-electron chi connectivity index (χ3n) is 4.81. The number of nitrogens with one attached hydrogen (secondary N) is 1. The molecule has 1 heterocycles. The Bertz CT molecular complexity index is 723. The van der Waals surface area contributed by atoms with E-state index < -0.39 is 0 Å². The Morgan fingerprint density at radius 3 is 2.73 bits per heavy atom. The number of anilines is 1. The highest BCUT2D eigenvalue weighted by atomic mass is 79.9. The summed E-state index contributed by atoms with van der Waals surface area (Å²) < 4.78 is 6.69. The number of halogens is 1.